The van der Waals surface area contributed by atoms with Gasteiger partial charge in [-0.2, -0.15) is 0 Å². The molecule has 0 aliphatic carbocycles. The van der Waals surface area contributed by atoms with Crippen LogP contribution in [0.5, 0.6) is 0 Å². The molecule has 3 nitrogen and oxygen atoms in total. The van der Waals surface area contributed by atoms with E-state index in [4.69, 9.17) is 5.73 Å². The maximum atomic E-state index is 11.5. The number of rotatable bonds is 3. The highest BCUT2D eigenvalue weighted by Crippen LogP contribution is 2.26. The van der Waals surface area contributed by atoms with E-state index in [2.05, 4.69) is 37.2 Å². The van der Waals surface area contributed by atoms with Crippen LogP contribution in [0.3, 0.4) is 0 Å². The summed E-state index contributed by atoms with van der Waals surface area (Å²) in [6.45, 7) is 1.88. The summed E-state index contributed by atoms with van der Waals surface area (Å²) in [5.41, 5.74) is 6.33. The quantitative estimate of drug-likeness (QED) is 0.892. The zero-order chi connectivity index (χ0) is 11.4. The van der Waals surface area contributed by atoms with Crippen molar-refractivity contribution in [1.82, 2.24) is 0 Å². The number of carbonyl (C=O) groups is 1. The molecule has 1 atom stereocenters. The van der Waals surface area contributed by atoms with Crippen molar-refractivity contribution in [3.8, 4) is 0 Å². The SMILES string of the molecule is CC[C@@H](N)C(=O)Nc1cc(Br)ccc1Br. The van der Waals surface area contributed by atoms with Crippen LogP contribution in [-0.4, -0.2) is 11.9 Å². The number of nitrogens with two attached hydrogens (primary N) is 1. The van der Waals surface area contributed by atoms with Crippen LogP contribution in [0.4, 0.5) is 5.69 Å². The van der Waals surface area contributed by atoms with Crippen LogP contribution in [0.1, 0.15) is 13.3 Å². The zero-order valence-electron chi connectivity index (χ0n) is 8.26. The molecular weight excluding hydrogens is 324 g/mol. The number of nitrogens with one attached hydrogen (secondary N) is 1. The van der Waals surface area contributed by atoms with Crippen molar-refractivity contribution in [3.05, 3.63) is 27.1 Å². The Hall–Kier alpha value is -0.390. The molecule has 0 saturated carbocycles. The smallest absolute Gasteiger partial charge is 0.241 e. The summed E-state index contributed by atoms with van der Waals surface area (Å²) in [5, 5.41) is 2.76. The van der Waals surface area contributed by atoms with Gasteiger partial charge < -0.3 is 11.1 Å². The molecule has 15 heavy (non-hydrogen) atoms. The van der Waals surface area contributed by atoms with Gasteiger partial charge in [-0.15, -0.1) is 0 Å². The van der Waals surface area contributed by atoms with Crippen LogP contribution in [0.15, 0.2) is 27.1 Å². The lowest BCUT2D eigenvalue weighted by Gasteiger charge is -2.11. The summed E-state index contributed by atoms with van der Waals surface area (Å²) >= 11 is 6.69. The standard InChI is InChI=1S/C10H12Br2N2O/c1-2-8(13)10(15)14-9-5-6(11)3-4-7(9)12/h3-5,8H,2,13H2,1H3,(H,14,15)/t8-/m1/s1. The molecule has 1 rings (SSSR count). The number of amides is 1. The molecule has 0 aliphatic heterocycles. The Labute approximate surface area is 106 Å². The fourth-order valence-electron chi connectivity index (χ4n) is 1.00. The first-order chi connectivity index (χ1) is 7.04. The number of anilines is 1. The predicted octanol–water partition coefficient (Wildman–Crippen LogP) is 2.89. The third-order valence-electron chi connectivity index (χ3n) is 1.96. The van der Waals surface area contributed by atoms with Gasteiger partial charge in [0.2, 0.25) is 5.91 Å². The van der Waals surface area contributed by atoms with Crippen molar-refractivity contribution < 1.29 is 4.79 Å². The highest BCUT2D eigenvalue weighted by Gasteiger charge is 2.12. The van der Waals surface area contributed by atoms with E-state index >= 15 is 0 Å². The van der Waals surface area contributed by atoms with E-state index in [0.717, 1.165) is 14.6 Å². The fourth-order valence-corrected chi connectivity index (χ4v) is 1.71. The Balaban J connectivity index is 2.80. The molecule has 1 amide bonds. The lowest BCUT2D eigenvalue weighted by molar-refractivity contribution is -0.117. The summed E-state index contributed by atoms with van der Waals surface area (Å²) in [5.74, 6) is -0.170. The minimum Gasteiger partial charge on any atom is -0.324 e. The molecule has 0 heterocycles. The van der Waals surface area contributed by atoms with Gasteiger partial charge >= 0.3 is 0 Å². The predicted molar refractivity (Wildman–Crippen MR) is 68.7 cm³/mol. The van der Waals surface area contributed by atoms with Crippen LogP contribution in [0.25, 0.3) is 0 Å². The minimum atomic E-state index is -0.462. The normalized spacial score (nSPS) is 12.3. The van der Waals surface area contributed by atoms with Gasteiger partial charge in [-0.05, 0) is 40.5 Å². The molecule has 0 unspecified atom stereocenters. The van der Waals surface area contributed by atoms with E-state index < -0.39 is 6.04 Å². The van der Waals surface area contributed by atoms with Crippen LogP contribution in [0.2, 0.25) is 0 Å². The van der Waals surface area contributed by atoms with Gasteiger partial charge in [0.15, 0.2) is 0 Å². The van der Waals surface area contributed by atoms with Gasteiger partial charge in [-0.3, -0.25) is 4.79 Å². The Morgan fingerprint density at radius 2 is 2.20 bits per heavy atom. The average molecular weight is 336 g/mol. The average Bonchev–Trinajstić information content (AvgIpc) is 2.22. The lowest BCUT2D eigenvalue weighted by Crippen LogP contribution is -2.34. The first-order valence-electron chi connectivity index (χ1n) is 4.56. The first-order valence-corrected chi connectivity index (χ1v) is 6.14. The van der Waals surface area contributed by atoms with Crippen LogP contribution >= 0.6 is 31.9 Å². The van der Waals surface area contributed by atoms with Gasteiger partial charge in [0.05, 0.1) is 11.7 Å². The number of hydrogen-bond donors (Lipinski definition) is 2. The molecule has 82 valence electrons. The molecule has 0 spiro atoms. The number of hydrogen-bond acceptors (Lipinski definition) is 2. The molecule has 0 radical (unpaired) electrons. The van der Waals surface area contributed by atoms with Gasteiger partial charge in [0, 0.05) is 8.95 Å². The number of benzene rings is 1. The monoisotopic (exact) mass is 334 g/mol. The highest BCUT2D eigenvalue weighted by molar-refractivity contribution is 9.11. The van der Waals surface area contributed by atoms with Crippen molar-refractivity contribution in [2.45, 2.75) is 19.4 Å². The van der Waals surface area contributed by atoms with E-state index in [9.17, 15) is 4.79 Å². The second-order valence-corrected chi connectivity index (χ2v) is 4.90. The van der Waals surface area contributed by atoms with Gasteiger partial charge in [-0.1, -0.05) is 22.9 Å². The van der Waals surface area contributed by atoms with Crippen molar-refractivity contribution in [2.75, 3.05) is 5.32 Å². The second kappa shape index (κ2) is 5.63. The molecule has 0 aliphatic rings. The molecule has 0 saturated heterocycles. The van der Waals surface area contributed by atoms with Crippen molar-refractivity contribution >= 4 is 43.5 Å². The van der Waals surface area contributed by atoms with Gasteiger partial charge in [0.1, 0.15) is 0 Å². The summed E-state index contributed by atoms with van der Waals surface area (Å²) in [6.07, 6.45) is 0.622. The summed E-state index contributed by atoms with van der Waals surface area (Å²) in [6, 6.07) is 5.11. The van der Waals surface area contributed by atoms with E-state index in [1.165, 1.54) is 0 Å². The molecule has 5 heteroatoms. The third-order valence-corrected chi connectivity index (χ3v) is 3.15. The number of carbonyl (C=O) groups excluding carboxylic acids is 1. The molecule has 0 bridgehead atoms. The Morgan fingerprint density at radius 1 is 1.53 bits per heavy atom. The Kier molecular flexibility index (Phi) is 4.76. The summed E-state index contributed by atoms with van der Waals surface area (Å²) < 4.78 is 1.74. The third kappa shape index (κ3) is 3.59. The maximum absolute atomic E-state index is 11.5. The van der Waals surface area contributed by atoms with E-state index in [-0.39, 0.29) is 5.91 Å². The van der Waals surface area contributed by atoms with Crippen LogP contribution in [0, 0.1) is 0 Å². The maximum Gasteiger partial charge on any atom is 0.241 e. The summed E-state index contributed by atoms with van der Waals surface area (Å²) in [7, 11) is 0. The Morgan fingerprint density at radius 3 is 2.80 bits per heavy atom. The van der Waals surface area contributed by atoms with Gasteiger partial charge in [0.25, 0.3) is 0 Å². The summed E-state index contributed by atoms with van der Waals surface area (Å²) in [4.78, 5) is 11.5. The first kappa shape index (κ1) is 12.7. The van der Waals surface area contributed by atoms with Crippen molar-refractivity contribution in [2.24, 2.45) is 5.73 Å². The molecule has 1 aromatic rings. The largest absolute Gasteiger partial charge is 0.324 e. The van der Waals surface area contributed by atoms with E-state index in [1.54, 1.807) is 0 Å². The molecule has 1 aromatic carbocycles. The molecule has 3 N–H and O–H groups in total. The second-order valence-electron chi connectivity index (χ2n) is 3.13. The van der Waals surface area contributed by atoms with Crippen LogP contribution in [-0.2, 0) is 4.79 Å². The lowest BCUT2D eigenvalue weighted by atomic mass is 10.2. The molecular formula is C10H12Br2N2O. The topological polar surface area (TPSA) is 55.1 Å². The number of halogens is 2. The van der Waals surface area contributed by atoms with Gasteiger partial charge in [-0.25, -0.2) is 0 Å². The van der Waals surface area contributed by atoms with Crippen molar-refractivity contribution in [1.29, 1.82) is 0 Å². The fraction of sp³-hybridized carbons (Fsp3) is 0.300. The van der Waals surface area contributed by atoms with Crippen molar-refractivity contribution in [3.63, 3.8) is 0 Å². The Bertz CT molecular complexity index is 368. The molecule has 0 aromatic heterocycles. The van der Waals surface area contributed by atoms with E-state index in [0.29, 0.717) is 6.42 Å². The minimum absolute atomic E-state index is 0.170. The van der Waals surface area contributed by atoms with E-state index in [1.807, 2.05) is 25.1 Å². The zero-order valence-corrected chi connectivity index (χ0v) is 11.4. The van der Waals surface area contributed by atoms with Crippen LogP contribution < -0.4 is 11.1 Å². The molecule has 0 fully saturated rings. The highest BCUT2D eigenvalue weighted by atomic mass is 79.9.